The van der Waals surface area contributed by atoms with Gasteiger partial charge >= 0.3 is 5.97 Å². The molecule has 2 aromatic rings. The van der Waals surface area contributed by atoms with Crippen LogP contribution < -0.4 is 9.47 Å². The zero-order chi connectivity index (χ0) is 17.9. The van der Waals surface area contributed by atoms with Gasteiger partial charge in [-0.2, -0.15) is 0 Å². The summed E-state index contributed by atoms with van der Waals surface area (Å²) < 4.78 is 11.7. The van der Waals surface area contributed by atoms with Crippen LogP contribution in [-0.2, 0) is 11.2 Å². The molecule has 4 rings (SSSR count). The van der Waals surface area contributed by atoms with Crippen molar-refractivity contribution in [2.24, 2.45) is 0 Å². The second kappa shape index (κ2) is 7.33. The fourth-order valence-electron chi connectivity index (χ4n) is 3.80. The van der Waals surface area contributed by atoms with Gasteiger partial charge in [0.2, 0.25) is 0 Å². The number of carboxylic acids is 1. The SMILES string of the molecule is O=C(O)[C@@H](c1cccc2c1OCC2)N1CCC(Oc2cccnc2)CC1. The zero-order valence-electron chi connectivity index (χ0n) is 14.5. The highest BCUT2D eigenvalue weighted by Crippen LogP contribution is 2.37. The second-order valence-corrected chi connectivity index (χ2v) is 6.72. The van der Waals surface area contributed by atoms with Gasteiger partial charge in [0.25, 0.3) is 0 Å². The predicted octanol–water partition coefficient (Wildman–Crippen LogP) is 2.69. The van der Waals surface area contributed by atoms with E-state index in [9.17, 15) is 9.90 Å². The summed E-state index contributed by atoms with van der Waals surface area (Å²) >= 11 is 0. The standard InChI is InChI=1S/C20H22N2O4/c23-20(24)18(17-5-1-3-14-8-12-25-19(14)17)22-10-6-15(7-11-22)26-16-4-2-9-21-13-16/h1-5,9,13,15,18H,6-8,10-12H2,(H,23,24)/t18-/m1/s1. The van der Waals surface area contributed by atoms with E-state index in [-0.39, 0.29) is 6.10 Å². The number of rotatable bonds is 5. The molecule has 0 bridgehead atoms. The van der Waals surface area contributed by atoms with Crippen molar-refractivity contribution >= 4 is 5.97 Å². The average molecular weight is 354 g/mol. The van der Waals surface area contributed by atoms with Crippen molar-refractivity contribution in [3.8, 4) is 11.5 Å². The minimum absolute atomic E-state index is 0.0858. The second-order valence-electron chi connectivity index (χ2n) is 6.72. The van der Waals surface area contributed by atoms with Gasteiger partial charge in [-0.3, -0.25) is 14.7 Å². The van der Waals surface area contributed by atoms with E-state index in [0.29, 0.717) is 19.7 Å². The van der Waals surface area contributed by atoms with E-state index in [1.807, 2.05) is 35.2 Å². The minimum Gasteiger partial charge on any atom is -0.493 e. The van der Waals surface area contributed by atoms with Gasteiger partial charge in [0.1, 0.15) is 23.6 Å². The molecule has 1 atom stereocenters. The van der Waals surface area contributed by atoms with E-state index in [1.165, 1.54) is 0 Å². The van der Waals surface area contributed by atoms with Crippen molar-refractivity contribution < 1.29 is 19.4 Å². The molecule has 0 unspecified atom stereocenters. The lowest BCUT2D eigenvalue weighted by molar-refractivity contribution is -0.144. The normalized spacial score (nSPS) is 18.8. The van der Waals surface area contributed by atoms with E-state index in [0.717, 1.165) is 41.9 Å². The van der Waals surface area contributed by atoms with Gasteiger partial charge in [0.05, 0.1) is 12.8 Å². The predicted molar refractivity (Wildman–Crippen MR) is 95.5 cm³/mol. The largest absolute Gasteiger partial charge is 0.493 e. The molecule has 2 aliphatic rings. The first-order valence-corrected chi connectivity index (χ1v) is 9.00. The summed E-state index contributed by atoms with van der Waals surface area (Å²) in [6, 6.07) is 8.88. The van der Waals surface area contributed by atoms with Crippen molar-refractivity contribution in [3.63, 3.8) is 0 Å². The van der Waals surface area contributed by atoms with Crippen LogP contribution in [0.15, 0.2) is 42.7 Å². The fraction of sp³-hybridized carbons (Fsp3) is 0.400. The maximum Gasteiger partial charge on any atom is 0.325 e. The molecule has 6 nitrogen and oxygen atoms in total. The highest BCUT2D eigenvalue weighted by atomic mass is 16.5. The number of fused-ring (bicyclic) bond motifs is 1. The molecule has 0 amide bonds. The maximum atomic E-state index is 12.0. The van der Waals surface area contributed by atoms with Crippen molar-refractivity contribution in [1.82, 2.24) is 9.88 Å². The lowest BCUT2D eigenvalue weighted by Crippen LogP contribution is -2.43. The van der Waals surface area contributed by atoms with E-state index >= 15 is 0 Å². The highest BCUT2D eigenvalue weighted by molar-refractivity contribution is 5.77. The third kappa shape index (κ3) is 3.37. The number of nitrogens with zero attached hydrogens (tertiary/aromatic N) is 2. The Hall–Kier alpha value is -2.60. The van der Waals surface area contributed by atoms with Crippen LogP contribution in [0.5, 0.6) is 11.5 Å². The van der Waals surface area contributed by atoms with Crippen molar-refractivity contribution in [3.05, 3.63) is 53.9 Å². The van der Waals surface area contributed by atoms with Crippen molar-refractivity contribution in [2.45, 2.75) is 31.4 Å². The number of likely N-dealkylation sites (tertiary alicyclic amines) is 1. The Morgan fingerprint density at radius 3 is 2.85 bits per heavy atom. The Labute approximate surface area is 152 Å². The van der Waals surface area contributed by atoms with Gasteiger partial charge < -0.3 is 14.6 Å². The summed E-state index contributed by atoms with van der Waals surface area (Å²) in [7, 11) is 0. The molecule has 1 aromatic heterocycles. The van der Waals surface area contributed by atoms with Gasteiger partial charge in [0, 0.05) is 31.3 Å². The number of hydrogen-bond acceptors (Lipinski definition) is 5. The Kier molecular flexibility index (Phi) is 4.75. The number of hydrogen-bond donors (Lipinski definition) is 1. The number of ether oxygens (including phenoxy) is 2. The topological polar surface area (TPSA) is 71.9 Å². The van der Waals surface area contributed by atoms with E-state index < -0.39 is 12.0 Å². The summed E-state index contributed by atoms with van der Waals surface area (Å²) in [5.41, 5.74) is 1.86. The number of aromatic nitrogens is 1. The summed E-state index contributed by atoms with van der Waals surface area (Å²) in [5.74, 6) is 0.684. The zero-order valence-corrected chi connectivity index (χ0v) is 14.5. The number of aliphatic carboxylic acids is 1. The number of piperidine rings is 1. The lowest BCUT2D eigenvalue weighted by Gasteiger charge is -2.36. The minimum atomic E-state index is -0.833. The summed E-state index contributed by atoms with van der Waals surface area (Å²) in [6.07, 6.45) is 5.92. The average Bonchev–Trinajstić information content (AvgIpc) is 3.14. The Morgan fingerprint density at radius 1 is 1.27 bits per heavy atom. The van der Waals surface area contributed by atoms with Crippen LogP contribution >= 0.6 is 0 Å². The molecule has 2 aliphatic heterocycles. The number of carbonyl (C=O) groups is 1. The number of carboxylic acid groups (broad SMARTS) is 1. The molecule has 1 aromatic carbocycles. The molecule has 0 spiro atoms. The summed E-state index contributed by atoms with van der Waals surface area (Å²) in [4.78, 5) is 18.1. The molecule has 26 heavy (non-hydrogen) atoms. The molecule has 1 saturated heterocycles. The van der Waals surface area contributed by atoms with Gasteiger partial charge in [-0.25, -0.2) is 0 Å². The Morgan fingerprint density at radius 2 is 2.12 bits per heavy atom. The molecule has 0 saturated carbocycles. The molecular weight excluding hydrogens is 332 g/mol. The summed E-state index contributed by atoms with van der Waals surface area (Å²) in [5, 5.41) is 9.87. The van der Waals surface area contributed by atoms with Crippen LogP contribution in [0.1, 0.15) is 30.0 Å². The summed E-state index contributed by atoms with van der Waals surface area (Å²) in [6.45, 7) is 1.97. The lowest BCUT2D eigenvalue weighted by atomic mass is 9.97. The molecule has 136 valence electrons. The smallest absolute Gasteiger partial charge is 0.325 e. The van der Waals surface area contributed by atoms with Crippen LogP contribution in [0.2, 0.25) is 0 Å². The fourth-order valence-corrected chi connectivity index (χ4v) is 3.80. The molecule has 0 aliphatic carbocycles. The van der Waals surface area contributed by atoms with Crippen LogP contribution in [0.25, 0.3) is 0 Å². The molecule has 1 N–H and O–H groups in total. The number of pyridine rings is 1. The molecule has 3 heterocycles. The Bertz CT molecular complexity index is 773. The third-order valence-electron chi connectivity index (χ3n) is 5.05. The maximum absolute atomic E-state index is 12.0. The number of benzene rings is 1. The highest BCUT2D eigenvalue weighted by Gasteiger charge is 2.34. The van der Waals surface area contributed by atoms with Gasteiger partial charge in [-0.15, -0.1) is 0 Å². The van der Waals surface area contributed by atoms with Gasteiger partial charge in [-0.05, 0) is 30.5 Å². The van der Waals surface area contributed by atoms with Crippen LogP contribution in [0, 0.1) is 0 Å². The number of para-hydroxylation sites is 1. The first-order valence-electron chi connectivity index (χ1n) is 9.00. The Balaban J connectivity index is 1.46. The van der Waals surface area contributed by atoms with Gasteiger partial charge in [-0.1, -0.05) is 18.2 Å². The molecule has 6 heteroatoms. The van der Waals surface area contributed by atoms with E-state index in [1.54, 1.807) is 12.4 Å². The van der Waals surface area contributed by atoms with E-state index in [2.05, 4.69) is 4.98 Å². The monoisotopic (exact) mass is 354 g/mol. The molecule has 0 radical (unpaired) electrons. The molecular formula is C20H22N2O4. The van der Waals surface area contributed by atoms with Crippen LogP contribution in [-0.4, -0.2) is 46.8 Å². The van der Waals surface area contributed by atoms with Gasteiger partial charge in [0.15, 0.2) is 0 Å². The quantitative estimate of drug-likeness (QED) is 0.890. The third-order valence-corrected chi connectivity index (χ3v) is 5.05. The molecule has 1 fully saturated rings. The van der Waals surface area contributed by atoms with E-state index in [4.69, 9.17) is 9.47 Å². The van der Waals surface area contributed by atoms with Crippen molar-refractivity contribution in [1.29, 1.82) is 0 Å². The first-order chi connectivity index (χ1) is 12.7. The van der Waals surface area contributed by atoms with Crippen LogP contribution in [0.4, 0.5) is 0 Å². The van der Waals surface area contributed by atoms with Crippen molar-refractivity contribution in [2.75, 3.05) is 19.7 Å². The first kappa shape index (κ1) is 16.8. The van der Waals surface area contributed by atoms with Crippen LogP contribution in [0.3, 0.4) is 0 Å².